The van der Waals surface area contributed by atoms with E-state index in [2.05, 4.69) is 9.98 Å². The fourth-order valence-corrected chi connectivity index (χ4v) is 4.48. The minimum Gasteiger partial charge on any atom is -0.404 e. The molecule has 0 bridgehead atoms. The van der Waals surface area contributed by atoms with E-state index in [1.165, 1.54) is 16.8 Å². The highest BCUT2D eigenvalue weighted by molar-refractivity contribution is 6.30. The molecule has 0 radical (unpaired) electrons. The molecule has 1 saturated heterocycles. The average molecular weight is 499 g/mol. The van der Waals surface area contributed by atoms with Crippen LogP contribution in [0.1, 0.15) is 19.7 Å². The molecule has 3 aromatic rings. The molecule has 35 heavy (non-hydrogen) atoms. The number of anilines is 1. The maximum atomic E-state index is 15.1. The van der Waals surface area contributed by atoms with Crippen molar-refractivity contribution in [2.45, 2.75) is 32.5 Å². The molecule has 1 aliphatic rings. The van der Waals surface area contributed by atoms with Gasteiger partial charge in [-0.1, -0.05) is 11.6 Å². The van der Waals surface area contributed by atoms with Crippen LogP contribution in [0.3, 0.4) is 0 Å². The number of pyridine rings is 1. The van der Waals surface area contributed by atoms with Crippen LogP contribution in [0.15, 0.2) is 45.8 Å². The van der Waals surface area contributed by atoms with Crippen LogP contribution in [0.4, 0.5) is 10.2 Å². The van der Waals surface area contributed by atoms with Crippen molar-refractivity contribution in [3.05, 3.63) is 63.1 Å². The predicted molar refractivity (Wildman–Crippen MR) is 138 cm³/mol. The number of aliphatic imine (C=N–C) groups is 1. The number of halogens is 2. The van der Waals surface area contributed by atoms with Gasteiger partial charge in [0.2, 0.25) is 0 Å². The molecular formula is C25H28ClFN6O2. The first-order valence-electron chi connectivity index (χ1n) is 11.1. The summed E-state index contributed by atoms with van der Waals surface area (Å²) >= 11 is 5.99. The number of ether oxygens (including phenoxy) is 1. The molecule has 1 aliphatic heterocycles. The zero-order chi connectivity index (χ0) is 25.5. The molecule has 1 fully saturated rings. The van der Waals surface area contributed by atoms with Gasteiger partial charge in [0.1, 0.15) is 29.1 Å². The lowest BCUT2D eigenvalue weighted by molar-refractivity contribution is -0.0652. The summed E-state index contributed by atoms with van der Waals surface area (Å²) in [5.41, 5.74) is 6.94. The van der Waals surface area contributed by atoms with E-state index in [4.69, 9.17) is 27.1 Å². The number of benzene rings is 1. The van der Waals surface area contributed by atoms with E-state index in [0.29, 0.717) is 35.8 Å². The number of fused-ring (bicyclic) bond motifs is 1. The van der Waals surface area contributed by atoms with Crippen LogP contribution < -0.4 is 16.2 Å². The van der Waals surface area contributed by atoms with Gasteiger partial charge in [0.05, 0.1) is 12.1 Å². The Balaban J connectivity index is 1.95. The van der Waals surface area contributed by atoms with E-state index < -0.39 is 11.4 Å². The van der Waals surface area contributed by atoms with Gasteiger partial charge in [0.25, 0.3) is 5.56 Å². The van der Waals surface area contributed by atoms with Gasteiger partial charge in [-0.05, 0) is 45.0 Å². The van der Waals surface area contributed by atoms with Gasteiger partial charge in [-0.2, -0.15) is 0 Å². The summed E-state index contributed by atoms with van der Waals surface area (Å²) in [6.45, 7) is 6.56. The highest BCUT2D eigenvalue weighted by Gasteiger charge is 2.36. The van der Waals surface area contributed by atoms with Gasteiger partial charge >= 0.3 is 0 Å². The van der Waals surface area contributed by atoms with E-state index in [0.717, 1.165) is 5.57 Å². The number of rotatable bonds is 4. The third-order valence-corrected chi connectivity index (χ3v) is 6.29. The molecule has 1 atom stereocenters. The molecule has 0 unspecified atom stereocenters. The quantitative estimate of drug-likeness (QED) is 0.551. The van der Waals surface area contributed by atoms with Crippen LogP contribution in [-0.2, 0) is 11.8 Å². The second-order valence-electron chi connectivity index (χ2n) is 9.17. The highest BCUT2D eigenvalue weighted by atomic mass is 35.5. The van der Waals surface area contributed by atoms with E-state index in [1.807, 2.05) is 18.7 Å². The van der Waals surface area contributed by atoms with Crippen LogP contribution in [0, 0.1) is 12.7 Å². The van der Waals surface area contributed by atoms with Gasteiger partial charge in [-0.25, -0.2) is 14.4 Å². The first-order chi connectivity index (χ1) is 16.5. The summed E-state index contributed by atoms with van der Waals surface area (Å²) in [7, 11) is 3.30. The minimum absolute atomic E-state index is 0.158. The standard InChI is InChI=1S/C25H28ClFN6O2/c1-14-30-22-18(17-7-6-16(26)8-19(17)27)9-21(31-23(22)24(34)32(14)5)33-12-20(15(10-28)11-29-4)35-25(2,3)13-33/h6-11,20H,12-13,28H2,1-5H3/b15-10+,29-11?/t20-/m0/s1. The number of aryl methyl sites for hydroxylation is 1. The minimum atomic E-state index is -0.558. The molecule has 184 valence electrons. The summed E-state index contributed by atoms with van der Waals surface area (Å²) in [5, 5.41) is 0.279. The van der Waals surface area contributed by atoms with Crippen LogP contribution in [0.2, 0.25) is 5.02 Å². The van der Waals surface area contributed by atoms with Crippen molar-refractivity contribution in [2.75, 3.05) is 25.0 Å². The number of nitrogens with two attached hydrogens (primary N) is 1. The van der Waals surface area contributed by atoms with Crippen molar-refractivity contribution >= 4 is 34.7 Å². The Bertz CT molecular complexity index is 1420. The summed E-state index contributed by atoms with van der Waals surface area (Å²) in [6.07, 6.45) is 2.76. The van der Waals surface area contributed by atoms with Crippen LogP contribution in [-0.4, -0.2) is 52.6 Å². The predicted octanol–water partition coefficient (Wildman–Crippen LogP) is 3.62. The first-order valence-corrected chi connectivity index (χ1v) is 11.5. The van der Waals surface area contributed by atoms with Crippen LogP contribution in [0.5, 0.6) is 0 Å². The number of hydrogen-bond acceptors (Lipinski definition) is 7. The SMILES string of the molecule is CN=C/C(=C\N)[C@@H]1CN(c2cc(-c3ccc(Cl)cc3F)c3nc(C)n(C)c(=O)c3n2)CC(C)(C)O1. The van der Waals surface area contributed by atoms with E-state index >= 15 is 4.39 Å². The Morgan fingerprint density at radius 1 is 1.29 bits per heavy atom. The fraction of sp³-hybridized carbons (Fsp3) is 0.360. The molecular weight excluding hydrogens is 471 g/mol. The van der Waals surface area contributed by atoms with Crippen molar-refractivity contribution in [3.8, 4) is 11.1 Å². The van der Waals surface area contributed by atoms with Crippen molar-refractivity contribution < 1.29 is 9.13 Å². The van der Waals surface area contributed by atoms with Gasteiger partial charge in [-0.15, -0.1) is 0 Å². The van der Waals surface area contributed by atoms with Gasteiger partial charge in [-0.3, -0.25) is 14.4 Å². The summed E-state index contributed by atoms with van der Waals surface area (Å²) in [4.78, 5) is 28.6. The molecule has 3 heterocycles. The largest absolute Gasteiger partial charge is 0.404 e. The lowest BCUT2D eigenvalue weighted by atomic mass is 10.0. The molecule has 0 aliphatic carbocycles. The lowest BCUT2D eigenvalue weighted by Crippen LogP contribution is -2.54. The normalized spacial score (nSPS) is 18.5. The number of morpholine rings is 1. The Labute approximate surface area is 207 Å². The number of hydrogen-bond donors (Lipinski definition) is 1. The van der Waals surface area contributed by atoms with Gasteiger partial charge in [0.15, 0.2) is 5.52 Å². The topological polar surface area (TPSA) is 98.6 Å². The Hall–Kier alpha value is -3.30. The molecule has 0 saturated carbocycles. The number of aromatic nitrogens is 3. The molecule has 0 spiro atoms. The molecule has 0 amide bonds. The summed E-state index contributed by atoms with van der Waals surface area (Å²) in [6, 6.07) is 6.20. The van der Waals surface area contributed by atoms with Gasteiger partial charge in [0, 0.05) is 54.8 Å². The third kappa shape index (κ3) is 4.78. The molecule has 2 N–H and O–H groups in total. The second kappa shape index (κ2) is 9.39. The number of nitrogens with zero attached hydrogens (tertiary/aromatic N) is 5. The van der Waals surface area contributed by atoms with Crippen molar-refractivity contribution in [2.24, 2.45) is 17.8 Å². The molecule has 8 nitrogen and oxygen atoms in total. The van der Waals surface area contributed by atoms with E-state index in [1.54, 1.807) is 45.4 Å². The maximum Gasteiger partial charge on any atom is 0.279 e. The maximum absolute atomic E-state index is 15.1. The zero-order valence-corrected chi connectivity index (χ0v) is 21.1. The highest BCUT2D eigenvalue weighted by Crippen LogP contribution is 2.34. The van der Waals surface area contributed by atoms with E-state index in [-0.39, 0.29) is 27.8 Å². The molecule has 1 aromatic carbocycles. The average Bonchev–Trinajstić information content (AvgIpc) is 2.80. The lowest BCUT2D eigenvalue weighted by Gasteiger charge is -2.43. The van der Waals surface area contributed by atoms with Gasteiger partial charge < -0.3 is 15.4 Å². The Morgan fingerprint density at radius 3 is 2.69 bits per heavy atom. The Kier molecular flexibility index (Phi) is 6.66. The van der Waals surface area contributed by atoms with E-state index in [9.17, 15) is 4.79 Å². The monoisotopic (exact) mass is 498 g/mol. The van der Waals surface area contributed by atoms with Crippen LogP contribution >= 0.6 is 11.6 Å². The third-order valence-electron chi connectivity index (χ3n) is 6.05. The second-order valence-corrected chi connectivity index (χ2v) is 9.61. The summed E-state index contributed by atoms with van der Waals surface area (Å²) in [5.74, 6) is 0.497. The summed E-state index contributed by atoms with van der Waals surface area (Å²) < 4.78 is 22.7. The van der Waals surface area contributed by atoms with Crippen LogP contribution in [0.25, 0.3) is 22.2 Å². The zero-order valence-electron chi connectivity index (χ0n) is 20.3. The van der Waals surface area contributed by atoms with Crippen molar-refractivity contribution in [3.63, 3.8) is 0 Å². The molecule has 10 heteroatoms. The van der Waals surface area contributed by atoms with Crippen molar-refractivity contribution in [1.29, 1.82) is 0 Å². The fourth-order valence-electron chi connectivity index (χ4n) is 4.32. The smallest absolute Gasteiger partial charge is 0.279 e. The molecule has 4 rings (SSSR count). The Morgan fingerprint density at radius 2 is 2.03 bits per heavy atom. The first kappa shape index (κ1) is 24.8. The van der Waals surface area contributed by atoms with Crippen molar-refractivity contribution in [1.82, 2.24) is 14.5 Å². The molecule has 2 aromatic heterocycles.